The largest absolute Gasteiger partial charge is 0.354 e. The molecule has 7 heteroatoms. The third-order valence-electron chi connectivity index (χ3n) is 5.70. The third-order valence-corrected chi connectivity index (χ3v) is 5.70. The van der Waals surface area contributed by atoms with Crippen LogP contribution in [-0.4, -0.2) is 66.9 Å². The minimum absolute atomic E-state index is 0.0146. The molecule has 2 aliphatic heterocycles. The summed E-state index contributed by atoms with van der Waals surface area (Å²) in [6, 6.07) is -0.0591. The van der Waals surface area contributed by atoms with Crippen LogP contribution < -0.4 is 10.6 Å². The molecule has 3 rings (SSSR count). The monoisotopic (exact) mass is 350 g/mol. The fourth-order valence-electron chi connectivity index (χ4n) is 4.17. The summed E-state index contributed by atoms with van der Waals surface area (Å²) in [6.45, 7) is 3.74. The maximum Gasteiger partial charge on any atom is 0.317 e. The minimum atomic E-state index is -0.117. The van der Waals surface area contributed by atoms with E-state index in [0.717, 1.165) is 6.54 Å². The molecule has 1 saturated carbocycles. The molecule has 2 heterocycles. The molecule has 1 aliphatic carbocycles. The van der Waals surface area contributed by atoms with Crippen LogP contribution in [0.1, 0.15) is 44.9 Å². The average Bonchev–Trinajstić information content (AvgIpc) is 3.03. The smallest absolute Gasteiger partial charge is 0.317 e. The molecule has 3 fully saturated rings. The first-order chi connectivity index (χ1) is 12.1. The van der Waals surface area contributed by atoms with Crippen LogP contribution >= 0.6 is 0 Å². The number of nitrogens with one attached hydrogen (secondary N) is 2. The van der Waals surface area contributed by atoms with Crippen molar-refractivity contribution in [2.45, 2.75) is 44.9 Å². The number of amides is 4. The molecular formula is C18H30N4O3. The van der Waals surface area contributed by atoms with E-state index in [1.54, 1.807) is 4.90 Å². The SMILES string of the molecule is O=C(NCCN1CCNC1=O)[C@@H]1CCC(=O)N(CC2CCCCC2)C1. The van der Waals surface area contributed by atoms with Crippen molar-refractivity contribution in [3.8, 4) is 0 Å². The lowest BCUT2D eigenvalue weighted by molar-refractivity contribution is -0.139. The van der Waals surface area contributed by atoms with Crippen molar-refractivity contribution in [1.29, 1.82) is 0 Å². The highest BCUT2D eigenvalue weighted by Crippen LogP contribution is 2.27. The lowest BCUT2D eigenvalue weighted by Crippen LogP contribution is -2.48. The number of hydrogen-bond donors (Lipinski definition) is 2. The molecule has 0 radical (unpaired) electrons. The first-order valence-electron chi connectivity index (χ1n) is 9.72. The molecule has 2 N–H and O–H groups in total. The summed E-state index contributed by atoms with van der Waals surface area (Å²) in [5.74, 6) is 0.700. The van der Waals surface area contributed by atoms with Gasteiger partial charge in [-0.05, 0) is 25.2 Å². The second-order valence-electron chi connectivity index (χ2n) is 7.55. The van der Waals surface area contributed by atoms with E-state index in [4.69, 9.17) is 0 Å². The molecule has 3 aliphatic rings. The van der Waals surface area contributed by atoms with Crippen LogP contribution in [0.4, 0.5) is 4.79 Å². The summed E-state index contributed by atoms with van der Waals surface area (Å²) in [4.78, 5) is 39.7. The maximum atomic E-state index is 12.4. The van der Waals surface area contributed by atoms with Crippen LogP contribution in [0, 0.1) is 11.8 Å². The normalized spacial score (nSPS) is 25.2. The van der Waals surface area contributed by atoms with Gasteiger partial charge in [-0.3, -0.25) is 9.59 Å². The third kappa shape index (κ3) is 4.86. The Bertz CT molecular complexity index is 505. The van der Waals surface area contributed by atoms with Crippen molar-refractivity contribution >= 4 is 17.8 Å². The van der Waals surface area contributed by atoms with Gasteiger partial charge in [0.1, 0.15) is 0 Å². The van der Waals surface area contributed by atoms with Crippen molar-refractivity contribution in [3.63, 3.8) is 0 Å². The highest BCUT2D eigenvalue weighted by Gasteiger charge is 2.31. The molecule has 0 bridgehead atoms. The van der Waals surface area contributed by atoms with E-state index in [2.05, 4.69) is 10.6 Å². The number of piperidine rings is 1. The number of carbonyl (C=O) groups excluding carboxylic acids is 3. The fourth-order valence-corrected chi connectivity index (χ4v) is 4.17. The number of likely N-dealkylation sites (tertiary alicyclic amines) is 1. The van der Waals surface area contributed by atoms with Crippen molar-refractivity contribution < 1.29 is 14.4 Å². The highest BCUT2D eigenvalue weighted by molar-refractivity contribution is 5.84. The van der Waals surface area contributed by atoms with Gasteiger partial charge in [0, 0.05) is 45.7 Å². The van der Waals surface area contributed by atoms with Gasteiger partial charge in [-0.15, -0.1) is 0 Å². The number of rotatable bonds is 6. The second kappa shape index (κ2) is 8.54. The van der Waals surface area contributed by atoms with Crippen molar-refractivity contribution in [2.24, 2.45) is 11.8 Å². The number of nitrogens with zero attached hydrogens (tertiary/aromatic N) is 2. The van der Waals surface area contributed by atoms with E-state index in [1.165, 1.54) is 32.1 Å². The molecule has 25 heavy (non-hydrogen) atoms. The van der Waals surface area contributed by atoms with Gasteiger partial charge in [-0.25, -0.2) is 4.79 Å². The zero-order valence-electron chi connectivity index (χ0n) is 15.0. The van der Waals surface area contributed by atoms with Crippen LogP contribution in [0.25, 0.3) is 0 Å². The zero-order valence-corrected chi connectivity index (χ0v) is 15.0. The van der Waals surface area contributed by atoms with Crippen molar-refractivity contribution in [3.05, 3.63) is 0 Å². The standard InChI is InChI=1S/C18H30N4O3/c23-16-7-6-15(13-22(16)12-14-4-2-1-3-5-14)17(24)19-8-10-21-11-9-20-18(21)25/h14-15H,1-13H2,(H,19,24)(H,20,25)/t15-/m1/s1. The first-order valence-corrected chi connectivity index (χ1v) is 9.72. The molecule has 1 atom stereocenters. The van der Waals surface area contributed by atoms with E-state index in [0.29, 0.717) is 51.5 Å². The molecule has 0 aromatic rings. The predicted octanol–water partition coefficient (Wildman–Crippen LogP) is 0.947. The summed E-state index contributed by atoms with van der Waals surface area (Å²) in [5.41, 5.74) is 0. The quantitative estimate of drug-likeness (QED) is 0.748. The van der Waals surface area contributed by atoms with E-state index in [-0.39, 0.29) is 23.8 Å². The zero-order chi connectivity index (χ0) is 17.6. The number of urea groups is 1. The minimum Gasteiger partial charge on any atom is -0.354 e. The summed E-state index contributed by atoms with van der Waals surface area (Å²) >= 11 is 0. The Morgan fingerprint density at radius 3 is 2.64 bits per heavy atom. The van der Waals surface area contributed by atoms with Crippen molar-refractivity contribution in [1.82, 2.24) is 20.4 Å². The van der Waals surface area contributed by atoms with E-state index < -0.39 is 0 Å². The Labute approximate surface area is 149 Å². The predicted molar refractivity (Wildman–Crippen MR) is 93.9 cm³/mol. The average molecular weight is 350 g/mol. The number of hydrogen-bond acceptors (Lipinski definition) is 3. The maximum absolute atomic E-state index is 12.4. The number of carbonyl (C=O) groups is 3. The Kier molecular flexibility index (Phi) is 6.15. The molecule has 0 aromatic carbocycles. The van der Waals surface area contributed by atoms with Gasteiger partial charge in [0.2, 0.25) is 11.8 Å². The second-order valence-corrected chi connectivity index (χ2v) is 7.55. The van der Waals surface area contributed by atoms with Crippen molar-refractivity contribution in [2.75, 3.05) is 39.3 Å². The summed E-state index contributed by atoms with van der Waals surface area (Å²) in [6.07, 6.45) is 7.36. The molecule has 0 spiro atoms. The lowest BCUT2D eigenvalue weighted by atomic mass is 9.87. The van der Waals surface area contributed by atoms with E-state index in [9.17, 15) is 14.4 Å². The molecular weight excluding hydrogens is 320 g/mol. The van der Waals surface area contributed by atoms with Gasteiger partial charge in [0.15, 0.2) is 0 Å². The summed E-state index contributed by atoms with van der Waals surface area (Å²) < 4.78 is 0. The Balaban J connectivity index is 1.42. The van der Waals surface area contributed by atoms with Gasteiger partial charge in [-0.1, -0.05) is 19.3 Å². The van der Waals surface area contributed by atoms with E-state index in [1.807, 2.05) is 4.90 Å². The van der Waals surface area contributed by atoms with Gasteiger partial charge >= 0.3 is 6.03 Å². The Hall–Kier alpha value is -1.79. The lowest BCUT2D eigenvalue weighted by Gasteiger charge is -2.35. The molecule has 0 unspecified atom stereocenters. The molecule has 140 valence electrons. The summed E-state index contributed by atoms with van der Waals surface area (Å²) in [7, 11) is 0. The molecule has 7 nitrogen and oxygen atoms in total. The Morgan fingerprint density at radius 1 is 1.12 bits per heavy atom. The van der Waals surface area contributed by atoms with Gasteiger partial charge in [0.25, 0.3) is 0 Å². The highest BCUT2D eigenvalue weighted by atomic mass is 16.2. The van der Waals surface area contributed by atoms with Crippen LogP contribution in [0.15, 0.2) is 0 Å². The van der Waals surface area contributed by atoms with Crippen LogP contribution in [0.5, 0.6) is 0 Å². The van der Waals surface area contributed by atoms with Gasteiger partial charge in [-0.2, -0.15) is 0 Å². The van der Waals surface area contributed by atoms with Gasteiger partial charge < -0.3 is 20.4 Å². The first kappa shape index (κ1) is 18.0. The topological polar surface area (TPSA) is 81.8 Å². The van der Waals surface area contributed by atoms with Crippen LogP contribution in [-0.2, 0) is 9.59 Å². The fraction of sp³-hybridized carbons (Fsp3) is 0.833. The molecule has 0 aromatic heterocycles. The van der Waals surface area contributed by atoms with Crippen LogP contribution in [0.3, 0.4) is 0 Å². The molecule has 2 saturated heterocycles. The Morgan fingerprint density at radius 2 is 1.92 bits per heavy atom. The molecule has 4 amide bonds. The van der Waals surface area contributed by atoms with E-state index >= 15 is 0 Å². The van der Waals surface area contributed by atoms with Crippen LogP contribution in [0.2, 0.25) is 0 Å². The van der Waals surface area contributed by atoms with Gasteiger partial charge in [0.05, 0.1) is 5.92 Å². The summed E-state index contributed by atoms with van der Waals surface area (Å²) in [5, 5.41) is 5.69.